The van der Waals surface area contributed by atoms with Crippen molar-refractivity contribution in [1.29, 1.82) is 0 Å². The standard InChI is InChI=1S/C11H16FNO2/c1-13(2)10(7-14)9-6-8(12)4-5-11(9)15-3/h4-6,10,14H,7H2,1-3H3. The maximum Gasteiger partial charge on any atom is 0.123 e. The molecular weight excluding hydrogens is 197 g/mol. The van der Waals surface area contributed by atoms with Crippen LogP contribution in [0.5, 0.6) is 5.75 Å². The van der Waals surface area contributed by atoms with Crippen molar-refractivity contribution in [2.24, 2.45) is 0 Å². The Hall–Kier alpha value is -1.13. The summed E-state index contributed by atoms with van der Waals surface area (Å²) in [7, 11) is 5.18. The molecule has 0 aliphatic heterocycles. The number of halogens is 1. The zero-order chi connectivity index (χ0) is 11.4. The number of aliphatic hydroxyl groups excluding tert-OH is 1. The van der Waals surface area contributed by atoms with Gasteiger partial charge in [-0.15, -0.1) is 0 Å². The number of rotatable bonds is 4. The van der Waals surface area contributed by atoms with Gasteiger partial charge in [0.25, 0.3) is 0 Å². The number of likely N-dealkylation sites (N-methyl/N-ethyl adjacent to an activating group) is 1. The van der Waals surface area contributed by atoms with Crippen molar-refractivity contribution in [3.05, 3.63) is 29.6 Å². The molecule has 1 N–H and O–H groups in total. The second kappa shape index (κ2) is 5.09. The first kappa shape index (κ1) is 11.9. The van der Waals surface area contributed by atoms with E-state index in [1.165, 1.54) is 19.2 Å². The molecule has 3 nitrogen and oxygen atoms in total. The lowest BCUT2D eigenvalue weighted by molar-refractivity contribution is 0.167. The van der Waals surface area contributed by atoms with Crippen LogP contribution < -0.4 is 4.74 Å². The molecule has 0 saturated heterocycles. The van der Waals surface area contributed by atoms with Crippen molar-refractivity contribution < 1.29 is 14.2 Å². The Morgan fingerprint density at radius 3 is 2.60 bits per heavy atom. The van der Waals surface area contributed by atoms with Crippen molar-refractivity contribution in [2.45, 2.75) is 6.04 Å². The van der Waals surface area contributed by atoms with E-state index in [0.717, 1.165) is 0 Å². The number of benzene rings is 1. The van der Waals surface area contributed by atoms with Gasteiger partial charge in [0.2, 0.25) is 0 Å². The Bertz CT molecular complexity index is 328. The summed E-state index contributed by atoms with van der Waals surface area (Å²) in [5.74, 6) is 0.259. The fraction of sp³-hybridized carbons (Fsp3) is 0.455. The van der Waals surface area contributed by atoms with E-state index in [0.29, 0.717) is 11.3 Å². The lowest BCUT2D eigenvalue weighted by atomic mass is 10.1. The Balaban J connectivity index is 3.13. The van der Waals surface area contributed by atoms with Crippen LogP contribution in [0.1, 0.15) is 11.6 Å². The Morgan fingerprint density at radius 2 is 2.13 bits per heavy atom. The Kier molecular flexibility index (Phi) is 4.05. The molecule has 0 saturated carbocycles. The van der Waals surface area contributed by atoms with E-state index in [4.69, 9.17) is 4.74 Å². The first-order chi connectivity index (χ1) is 7.10. The molecule has 1 aromatic rings. The van der Waals surface area contributed by atoms with Crippen LogP contribution in [-0.2, 0) is 0 Å². The molecule has 1 aromatic carbocycles. The normalized spacial score (nSPS) is 12.9. The van der Waals surface area contributed by atoms with Gasteiger partial charge in [-0.05, 0) is 32.3 Å². The monoisotopic (exact) mass is 213 g/mol. The van der Waals surface area contributed by atoms with Crippen LogP contribution >= 0.6 is 0 Å². The number of hydrogen-bond acceptors (Lipinski definition) is 3. The quantitative estimate of drug-likeness (QED) is 0.821. The van der Waals surface area contributed by atoms with Gasteiger partial charge in [-0.3, -0.25) is 0 Å². The number of methoxy groups -OCH3 is 1. The topological polar surface area (TPSA) is 32.7 Å². The fourth-order valence-corrected chi connectivity index (χ4v) is 1.51. The van der Waals surface area contributed by atoms with Gasteiger partial charge in [-0.1, -0.05) is 0 Å². The average Bonchev–Trinajstić information content (AvgIpc) is 2.18. The molecule has 0 radical (unpaired) electrons. The summed E-state index contributed by atoms with van der Waals surface area (Å²) >= 11 is 0. The maximum absolute atomic E-state index is 13.1. The third-order valence-electron chi connectivity index (χ3n) is 2.35. The van der Waals surface area contributed by atoms with Gasteiger partial charge in [0.05, 0.1) is 19.8 Å². The van der Waals surface area contributed by atoms with Crippen LogP contribution in [0.2, 0.25) is 0 Å². The van der Waals surface area contributed by atoms with Crippen molar-refractivity contribution in [2.75, 3.05) is 27.8 Å². The molecule has 0 aromatic heterocycles. The van der Waals surface area contributed by atoms with Gasteiger partial charge < -0.3 is 14.7 Å². The summed E-state index contributed by atoms with van der Waals surface area (Å²) in [5.41, 5.74) is 0.657. The average molecular weight is 213 g/mol. The molecule has 0 aliphatic carbocycles. The van der Waals surface area contributed by atoms with E-state index in [9.17, 15) is 9.50 Å². The molecule has 0 heterocycles. The smallest absolute Gasteiger partial charge is 0.123 e. The third-order valence-corrected chi connectivity index (χ3v) is 2.35. The minimum atomic E-state index is -0.328. The molecule has 4 heteroatoms. The Morgan fingerprint density at radius 1 is 1.47 bits per heavy atom. The van der Waals surface area contributed by atoms with E-state index >= 15 is 0 Å². The predicted octanol–water partition coefficient (Wildman–Crippen LogP) is 1.43. The summed E-state index contributed by atoms with van der Waals surface area (Å²) in [6.07, 6.45) is 0. The molecule has 1 unspecified atom stereocenters. The molecule has 0 fully saturated rings. The molecule has 15 heavy (non-hydrogen) atoms. The van der Waals surface area contributed by atoms with Crippen LogP contribution in [-0.4, -0.2) is 37.8 Å². The molecule has 0 spiro atoms. The highest BCUT2D eigenvalue weighted by Gasteiger charge is 2.17. The van der Waals surface area contributed by atoms with Gasteiger partial charge in [0.15, 0.2) is 0 Å². The van der Waals surface area contributed by atoms with Crippen molar-refractivity contribution in [1.82, 2.24) is 4.90 Å². The number of ether oxygens (including phenoxy) is 1. The van der Waals surface area contributed by atoms with Crippen molar-refractivity contribution >= 4 is 0 Å². The first-order valence-corrected chi connectivity index (χ1v) is 4.71. The van der Waals surface area contributed by atoms with Gasteiger partial charge in [0.1, 0.15) is 11.6 Å². The van der Waals surface area contributed by atoms with Gasteiger partial charge >= 0.3 is 0 Å². The third kappa shape index (κ3) is 2.67. The molecule has 1 rings (SSSR count). The molecule has 0 bridgehead atoms. The fourth-order valence-electron chi connectivity index (χ4n) is 1.51. The lowest BCUT2D eigenvalue weighted by Crippen LogP contribution is -2.23. The molecule has 1 atom stereocenters. The largest absolute Gasteiger partial charge is 0.496 e. The maximum atomic E-state index is 13.1. The Labute approximate surface area is 89.1 Å². The van der Waals surface area contributed by atoms with Gasteiger partial charge in [0, 0.05) is 5.56 Å². The second-order valence-electron chi connectivity index (χ2n) is 3.55. The molecule has 0 aliphatic rings. The minimum Gasteiger partial charge on any atom is -0.496 e. The molecule has 0 amide bonds. The van der Waals surface area contributed by atoms with Crippen molar-refractivity contribution in [3.63, 3.8) is 0 Å². The van der Waals surface area contributed by atoms with E-state index in [1.807, 2.05) is 19.0 Å². The summed E-state index contributed by atoms with van der Waals surface area (Å²) in [4.78, 5) is 1.82. The van der Waals surface area contributed by atoms with E-state index in [-0.39, 0.29) is 18.5 Å². The van der Waals surface area contributed by atoms with E-state index in [2.05, 4.69) is 0 Å². The number of nitrogens with zero attached hydrogens (tertiary/aromatic N) is 1. The van der Waals surface area contributed by atoms with E-state index in [1.54, 1.807) is 6.07 Å². The van der Waals surface area contributed by atoms with E-state index < -0.39 is 0 Å². The number of aliphatic hydroxyl groups is 1. The molecular formula is C11H16FNO2. The van der Waals surface area contributed by atoms with Crippen LogP contribution in [0, 0.1) is 5.82 Å². The lowest BCUT2D eigenvalue weighted by Gasteiger charge is -2.24. The van der Waals surface area contributed by atoms with Crippen LogP contribution in [0.4, 0.5) is 4.39 Å². The molecule has 84 valence electrons. The van der Waals surface area contributed by atoms with Gasteiger partial charge in [-0.2, -0.15) is 0 Å². The summed E-state index contributed by atoms with van der Waals surface area (Å²) in [5, 5.41) is 9.24. The minimum absolute atomic E-state index is 0.0766. The zero-order valence-corrected chi connectivity index (χ0v) is 9.20. The zero-order valence-electron chi connectivity index (χ0n) is 9.20. The van der Waals surface area contributed by atoms with Crippen LogP contribution in [0.3, 0.4) is 0 Å². The van der Waals surface area contributed by atoms with Crippen LogP contribution in [0.15, 0.2) is 18.2 Å². The number of hydrogen-bond donors (Lipinski definition) is 1. The highest BCUT2D eigenvalue weighted by Crippen LogP contribution is 2.28. The predicted molar refractivity (Wildman–Crippen MR) is 56.5 cm³/mol. The SMILES string of the molecule is COc1ccc(F)cc1C(CO)N(C)C. The first-order valence-electron chi connectivity index (χ1n) is 4.71. The van der Waals surface area contributed by atoms with Crippen LogP contribution in [0.25, 0.3) is 0 Å². The van der Waals surface area contributed by atoms with Gasteiger partial charge in [-0.25, -0.2) is 4.39 Å². The van der Waals surface area contributed by atoms with Crippen molar-refractivity contribution in [3.8, 4) is 5.75 Å². The highest BCUT2D eigenvalue weighted by atomic mass is 19.1. The summed E-state index contributed by atoms with van der Waals surface area (Å²) < 4.78 is 18.2. The summed E-state index contributed by atoms with van der Waals surface area (Å²) in [6.45, 7) is -0.0766. The highest BCUT2D eigenvalue weighted by molar-refractivity contribution is 5.36. The second-order valence-corrected chi connectivity index (χ2v) is 3.55. The summed E-state index contributed by atoms with van der Waals surface area (Å²) in [6, 6.07) is 4.04.